The lowest BCUT2D eigenvalue weighted by Crippen LogP contribution is -2.66. The van der Waals surface area contributed by atoms with Crippen LogP contribution in [-0.4, -0.2) is 55.3 Å². The normalized spacial score (nSPS) is 23.9. The molecule has 6 nitrogen and oxygen atoms in total. The third-order valence-corrected chi connectivity index (χ3v) is 5.52. The van der Waals surface area contributed by atoms with Gasteiger partial charge in [0, 0.05) is 12.3 Å². The fraction of sp³-hybridized carbons (Fsp3) is 0.857. The minimum Gasteiger partial charge on any atom is -0.342 e. The topological polar surface area (TPSA) is 83.6 Å². The van der Waals surface area contributed by atoms with Crippen molar-refractivity contribution in [2.45, 2.75) is 46.7 Å². The molecule has 0 aromatic carbocycles. The number of nitrogens with one attached hydrogen (secondary N) is 1. The number of hydrogen-bond acceptors (Lipinski definition) is 4. The van der Waals surface area contributed by atoms with E-state index in [2.05, 4.69) is 5.32 Å². The van der Waals surface area contributed by atoms with Gasteiger partial charge in [-0.05, 0) is 11.8 Å². The van der Waals surface area contributed by atoms with E-state index in [0.29, 0.717) is 0 Å². The SMILES string of the molecule is CCS(=O)(=O)CCN1C(=O)C(C(C)C)NC(=O)C1C(C)C. The molecule has 21 heavy (non-hydrogen) atoms. The number of sulfone groups is 1. The van der Waals surface area contributed by atoms with Crippen LogP contribution in [0.25, 0.3) is 0 Å². The van der Waals surface area contributed by atoms with Crippen LogP contribution in [0.4, 0.5) is 0 Å². The summed E-state index contributed by atoms with van der Waals surface area (Å²) in [6.45, 7) is 9.09. The molecule has 1 fully saturated rings. The summed E-state index contributed by atoms with van der Waals surface area (Å²) in [4.78, 5) is 26.2. The summed E-state index contributed by atoms with van der Waals surface area (Å²) in [5, 5.41) is 2.76. The molecule has 1 aliphatic rings. The zero-order chi connectivity index (χ0) is 16.4. The molecular weight excluding hydrogens is 292 g/mol. The van der Waals surface area contributed by atoms with Crippen molar-refractivity contribution in [2.24, 2.45) is 11.8 Å². The van der Waals surface area contributed by atoms with E-state index in [1.165, 1.54) is 4.90 Å². The molecule has 1 heterocycles. The van der Waals surface area contributed by atoms with E-state index < -0.39 is 21.9 Å². The van der Waals surface area contributed by atoms with Gasteiger partial charge in [-0.1, -0.05) is 34.6 Å². The van der Waals surface area contributed by atoms with Gasteiger partial charge >= 0.3 is 0 Å². The van der Waals surface area contributed by atoms with Crippen molar-refractivity contribution < 1.29 is 18.0 Å². The first-order valence-electron chi connectivity index (χ1n) is 7.42. The zero-order valence-corrected chi connectivity index (χ0v) is 14.2. The van der Waals surface area contributed by atoms with Crippen molar-refractivity contribution in [3.05, 3.63) is 0 Å². The first kappa shape index (κ1) is 17.9. The Morgan fingerprint density at radius 1 is 1.14 bits per heavy atom. The van der Waals surface area contributed by atoms with Crippen molar-refractivity contribution >= 4 is 21.7 Å². The lowest BCUT2D eigenvalue weighted by molar-refractivity contribution is -0.152. The van der Waals surface area contributed by atoms with E-state index >= 15 is 0 Å². The third-order valence-electron chi connectivity index (χ3n) is 3.83. The molecule has 0 spiro atoms. The van der Waals surface area contributed by atoms with Crippen molar-refractivity contribution in [2.75, 3.05) is 18.1 Å². The molecule has 1 saturated heterocycles. The molecule has 2 atom stereocenters. The first-order valence-corrected chi connectivity index (χ1v) is 9.24. The van der Waals surface area contributed by atoms with Gasteiger partial charge in [-0.3, -0.25) is 9.59 Å². The molecule has 0 radical (unpaired) electrons. The van der Waals surface area contributed by atoms with E-state index in [1.54, 1.807) is 6.92 Å². The molecule has 0 aromatic rings. The number of nitrogens with zero attached hydrogens (tertiary/aromatic N) is 1. The highest BCUT2D eigenvalue weighted by Crippen LogP contribution is 2.20. The molecule has 0 saturated carbocycles. The van der Waals surface area contributed by atoms with Gasteiger partial charge in [0.25, 0.3) is 0 Å². The number of rotatable bonds is 6. The average Bonchev–Trinajstić information content (AvgIpc) is 2.38. The Morgan fingerprint density at radius 3 is 2.14 bits per heavy atom. The molecule has 1 aliphatic heterocycles. The van der Waals surface area contributed by atoms with Crippen molar-refractivity contribution in [3.8, 4) is 0 Å². The summed E-state index contributed by atoms with van der Waals surface area (Å²) < 4.78 is 23.4. The molecule has 0 aromatic heterocycles. The number of amides is 2. The fourth-order valence-corrected chi connectivity index (χ4v) is 3.27. The Hall–Kier alpha value is -1.11. The monoisotopic (exact) mass is 318 g/mol. The van der Waals surface area contributed by atoms with Crippen LogP contribution < -0.4 is 5.32 Å². The predicted molar refractivity (Wildman–Crippen MR) is 81.4 cm³/mol. The fourth-order valence-electron chi connectivity index (χ4n) is 2.50. The summed E-state index contributed by atoms with van der Waals surface area (Å²) in [6, 6.07) is -1.17. The second-order valence-electron chi connectivity index (χ2n) is 6.19. The summed E-state index contributed by atoms with van der Waals surface area (Å²) >= 11 is 0. The second kappa shape index (κ2) is 6.77. The quantitative estimate of drug-likeness (QED) is 0.770. The van der Waals surface area contributed by atoms with Gasteiger partial charge in [-0.2, -0.15) is 0 Å². The summed E-state index contributed by atoms with van der Waals surface area (Å²) in [5.74, 6) is -0.532. The predicted octanol–water partition coefficient (Wildman–Crippen LogP) is 0.429. The van der Waals surface area contributed by atoms with Gasteiger partial charge < -0.3 is 10.2 Å². The molecule has 1 N–H and O–H groups in total. The van der Waals surface area contributed by atoms with Crippen molar-refractivity contribution in [1.82, 2.24) is 10.2 Å². The van der Waals surface area contributed by atoms with Crippen LogP contribution in [0.5, 0.6) is 0 Å². The molecule has 2 amide bonds. The lowest BCUT2D eigenvalue weighted by atomic mass is 9.93. The summed E-state index contributed by atoms with van der Waals surface area (Å²) in [5.41, 5.74) is 0. The summed E-state index contributed by atoms with van der Waals surface area (Å²) in [7, 11) is -3.17. The van der Waals surface area contributed by atoms with Crippen LogP contribution in [0.2, 0.25) is 0 Å². The lowest BCUT2D eigenvalue weighted by Gasteiger charge is -2.42. The van der Waals surface area contributed by atoms with Crippen LogP contribution in [0.1, 0.15) is 34.6 Å². The number of hydrogen-bond donors (Lipinski definition) is 1. The molecule has 122 valence electrons. The molecule has 0 bridgehead atoms. The van der Waals surface area contributed by atoms with E-state index in [9.17, 15) is 18.0 Å². The Labute approximate surface area is 127 Å². The molecular formula is C14H26N2O4S. The van der Waals surface area contributed by atoms with E-state index in [0.717, 1.165) is 0 Å². The van der Waals surface area contributed by atoms with Gasteiger partial charge in [-0.15, -0.1) is 0 Å². The van der Waals surface area contributed by atoms with Crippen LogP contribution >= 0.6 is 0 Å². The highest BCUT2D eigenvalue weighted by Gasteiger charge is 2.42. The van der Waals surface area contributed by atoms with Crippen LogP contribution in [0, 0.1) is 11.8 Å². The van der Waals surface area contributed by atoms with Crippen LogP contribution in [0.3, 0.4) is 0 Å². The maximum absolute atomic E-state index is 12.5. The van der Waals surface area contributed by atoms with Gasteiger partial charge in [0.15, 0.2) is 9.84 Å². The minimum atomic E-state index is -3.17. The molecule has 0 aliphatic carbocycles. The molecule has 2 unspecified atom stereocenters. The standard InChI is InChI=1S/C14H26N2O4S/c1-6-21(19,20)8-7-16-12(10(4)5)13(17)15-11(9(2)3)14(16)18/h9-12H,6-8H2,1-5H3,(H,15,17). The van der Waals surface area contributed by atoms with E-state index in [-0.39, 0.29) is 41.7 Å². The minimum absolute atomic E-state index is 0.0279. The Bertz CT molecular complexity index is 499. The Kier molecular flexibility index (Phi) is 5.78. The number of piperazine rings is 1. The maximum atomic E-state index is 12.5. The zero-order valence-electron chi connectivity index (χ0n) is 13.4. The van der Waals surface area contributed by atoms with Gasteiger partial charge in [0.1, 0.15) is 12.1 Å². The maximum Gasteiger partial charge on any atom is 0.246 e. The van der Waals surface area contributed by atoms with Gasteiger partial charge in [0.05, 0.1) is 5.75 Å². The highest BCUT2D eigenvalue weighted by molar-refractivity contribution is 7.91. The van der Waals surface area contributed by atoms with Crippen LogP contribution in [-0.2, 0) is 19.4 Å². The Morgan fingerprint density at radius 2 is 1.71 bits per heavy atom. The van der Waals surface area contributed by atoms with Crippen molar-refractivity contribution in [1.29, 1.82) is 0 Å². The second-order valence-corrected chi connectivity index (χ2v) is 8.66. The number of carbonyl (C=O) groups is 2. The van der Waals surface area contributed by atoms with Gasteiger partial charge in [0.2, 0.25) is 11.8 Å². The van der Waals surface area contributed by atoms with Crippen LogP contribution in [0.15, 0.2) is 0 Å². The Balaban J connectivity index is 3.00. The first-order chi connectivity index (χ1) is 9.60. The smallest absolute Gasteiger partial charge is 0.246 e. The average molecular weight is 318 g/mol. The molecule has 7 heteroatoms. The largest absolute Gasteiger partial charge is 0.342 e. The van der Waals surface area contributed by atoms with E-state index in [4.69, 9.17) is 0 Å². The number of carbonyl (C=O) groups excluding carboxylic acids is 2. The van der Waals surface area contributed by atoms with Crippen molar-refractivity contribution in [3.63, 3.8) is 0 Å². The van der Waals surface area contributed by atoms with Gasteiger partial charge in [-0.25, -0.2) is 8.42 Å². The van der Waals surface area contributed by atoms with E-state index in [1.807, 2.05) is 27.7 Å². The summed E-state index contributed by atoms with van der Waals surface area (Å²) in [6.07, 6.45) is 0. The molecule has 1 rings (SSSR count). The third kappa shape index (κ3) is 4.18. The highest BCUT2D eigenvalue weighted by atomic mass is 32.2.